The number of hydrogen-bond acceptors (Lipinski definition) is 6. The van der Waals surface area contributed by atoms with E-state index in [4.69, 9.17) is 14.2 Å². The van der Waals surface area contributed by atoms with Gasteiger partial charge in [-0.15, -0.1) is 0 Å². The van der Waals surface area contributed by atoms with Crippen LogP contribution in [-0.4, -0.2) is 37.2 Å². The molecule has 0 aromatic rings. The molecule has 0 amide bonds. The summed E-state index contributed by atoms with van der Waals surface area (Å²) in [5, 5.41) is 0. The van der Waals surface area contributed by atoms with Crippen molar-refractivity contribution in [3.63, 3.8) is 0 Å². The maximum absolute atomic E-state index is 12.9. The van der Waals surface area contributed by atoms with E-state index in [-0.39, 0.29) is 31.1 Å². The van der Waals surface area contributed by atoms with E-state index in [0.29, 0.717) is 19.3 Å². The van der Waals surface area contributed by atoms with Crippen LogP contribution in [0.3, 0.4) is 0 Å². The molecule has 1 atom stereocenters. The highest BCUT2D eigenvalue weighted by atomic mass is 16.6. The van der Waals surface area contributed by atoms with Gasteiger partial charge in [0.1, 0.15) is 13.2 Å². The molecule has 80 heavy (non-hydrogen) atoms. The summed E-state index contributed by atoms with van der Waals surface area (Å²) in [5.41, 5.74) is 0. The molecule has 0 rings (SSSR count). The fraction of sp³-hybridized carbons (Fsp3) is 0.797. The Kier molecular flexibility index (Phi) is 65.7. The Balaban J connectivity index is 4.25. The van der Waals surface area contributed by atoms with Crippen molar-refractivity contribution >= 4 is 17.9 Å². The molecular weight excluding hydrogens is 985 g/mol. The molecule has 0 bridgehead atoms. The third-order valence-corrected chi connectivity index (χ3v) is 15.4. The summed E-state index contributed by atoms with van der Waals surface area (Å²) in [6.45, 7) is 6.54. The predicted octanol–water partition coefficient (Wildman–Crippen LogP) is 24.1. The first-order chi connectivity index (χ1) is 39.5. The molecule has 464 valence electrons. The Labute approximate surface area is 497 Å². The maximum Gasteiger partial charge on any atom is 0.306 e. The zero-order chi connectivity index (χ0) is 57.8. The first-order valence-electron chi connectivity index (χ1n) is 34.9. The van der Waals surface area contributed by atoms with Gasteiger partial charge in [-0.2, -0.15) is 0 Å². The molecule has 0 aliphatic heterocycles. The molecule has 0 aliphatic rings. The van der Waals surface area contributed by atoms with Crippen LogP contribution in [-0.2, 0) is 28.6 Å². The van der Waals surface area contributed by atoms with Crippen molar-refractivity contribution in [2.24, 2.45) is 0 Å². The molecule has 1 unspecified atom stereocenters. The molecule has 0 fully saturated rings. The summed E-state index contributed by atoms with van der Waals surface area (Å²) in [7, 11) is 0. The van der Waals surface area contributed by atoms with Crippen LogP contribution in [0.25, 0.3) is 0 Å². The molecule has 0 spiro atoms. The first kappa shape index (κ1) is 76.9. The minimum atomic E-state index is -0.788. The van der Waals surface area contributed by atoms with Crippen molar-refractivity contribution < 1.29 is 28.6 Å². The monoisotopic (exact) mass is 1120 g/mol. The molecule has 0 saturated heterocycles. The Morgan fingerprint density at radius 2 is 0.487 bits per heavy atom. The van der Waals surface area contributed by atoms with Crippen LogP contribution in [0.2, 0.25) is 0 Å². The van der Waals surface area contributed by atoms with Crippen LogP contribution in [0, 0.1) is 0 Å². The zero-order valence-corrected chi connectivity index (χ0v) is 53.3. The molecule has 0 heterocycles. The van der Waals surface area contributed by atoms with Crippen molar-refractivity contribution in [3.05, 3.63) is 72.9 Å². The van der Waals surface area contributed by atoms with Crippen LogP contribution in [0.15, 0.2) is 72.9 Å². The highest BCUT2D eigenvalue weighted by Gasteiger charge is 2.19. The summed E-state index contributed by atoms with van der Waals surface area (Å²) in [5.74, 6) is -0.889. The van der Waals surface area contributed by atoms with Crippen LogP contribution >= 0.6 is 0 Å². The van der Waals surface area contributed by atoms with Gasteiger partial charge < -0.3 is 14.2 Å². The predicted molar refractivity (Wildman–Crippen MR) is 348 cm³/mol. The minimum Gasteiger partial charge on any atom is -0.462 e. The topological polar surface area (TPSA) is 78.9 Å². The molecule has 0 radical (unpaired) electrons. The summed E-state index contributed by atoms with van der Waals surface area (Å²) >= 11 is 0. The minimum absolute atomic E-state index is 0.0817. The molecule has 0 N–H and O–H groups in total. The smallest absolute Gasteiger partial charge is 0.306 e. The normalized spacial score (nSPS) is 12.5. The Bertz CT molecular complexity index is 1470. The van der Waals surface area contributed by atoms with Crippen LogP contribution in [0.5, 0.6) is 0 Å². The van der Waals surface area contributed by atoms with Gasteiger partial charge in [-0.3, -0.25) is 14.4 Å². The number of unbranched alkanes of at least 4 members (excludes halogenated alkanes) is 41. The molecular formula is C74H132O6. The average Bonchev–Trinajstić information content (AvgIpc) is 3.46. The number of esters is 3. The van der Waals surface area contributed by atoms with Crippen LogP contribution < -0.4 is 0 Å². The summed E-state index contributed by atoms with van der Waals surface area (Å²) in [6, 6.07) is 0. The third-order valence-electron chi connectivity index (χ3n) is 15.4. The average molecular weight is 1120 g/mol. The van der Waals surface area contributed by atoms with E-state index in [1.165, 1.54) is 212 Å². The van der Waals surface area contributed by atoms with Gasteiger partial charge in [-0.05, 0) is 109 Å². The number of allylic oxidation sites excluding steroid dienone is 12. The fourth-order valence-electron chi connectivity index (χ4n) is 10.2. The number of carbonyl (C=O) groups is 3. The van der Waals surface area contributed by atoms with Gasteiger partial charge in [0.2, 0.25) is 0 Å². The molecule has 6 nitrogen and oxygen atoms in total. The van der Waals surface area contributed by atoms with Gasteiger partial charge in [-0.1, -0.05) is 306 Å². The van der Waals surface area contributed by atoms with Crippen LogP contribution in [0.4, 0.5) is 0 Å². The quantitative estimate of drug-likeness (QED) is 0.0261. The standard InChI is InChI=1S/C74H132O6/c1-4-7-10-13-16-19-22-25-28-30-32-33-34-35-36-37-38-39-40-41-42-44-46-49-52-55-58-61-64-67-73(76)79-70-71(69-78-72(75)66-63-60-57-54-51-48-45-27-24-21-18-15-12-9-6-3)80-74(77)68-65-62-59-56-53-50-47-43-31-29-26-23-20-17-14-11-8-5-2/h9,12,18,20-21,23,27,29-32,45,71H,4-8,10-11,13-17,19,22,24-26,28,33-44,46-70H2,1-3H3/b12-9-,21-18-,23-20-,31-29-,32-30-,45-27-. The summed E-state index contributed by atoms with van der Waals surface area (Å²) in [4.78, 5) is 38.4. The van der Waals surface area contributed by atoms with Crippen molar-refractivity contribution in [1.29, 1.82) is 0 Å². The van der Waals surface area contributed by atoms with Gasteiger partial charge in [0.05, 0.1) is 0 Å². The Morgan fingerprint density at radius 3 is 0.787 bits per heavy atom. The highest BCUT2D eigenvalue weighted by molar-refractivity contribution is 5.71. The number of ether oxygens (including phenoxy) is 3. The van der Waals surface area contributed by atoms with E-state index < -0.39 is 6.10 Å². The lowest BCUT2D eigenvalue weighted by molar-refractivity contribution is -0.167. The second kappa shape index (κ2) is 68.3. The van der Waals surface area contributed by atoms with Crippen molar-refractivity contribution in [3.8, 4) is 0 Å². The lowest BCUT2D eigenvalue weighted by Gasteiger charge is -2.18. The van der Waals surface area contributed by atoms with E-state index in [1.54, 1.807) is 0 Å². The summed E-state index contributed by atoms with van der Waals surface area (Å²) < 4.78 is 17.0. The zero-order valence-electron chi connectivity index (χ0n) is 53.3. The van der Waals surface area contributed by atoms with Gasteiger partial charge >= 0.3 is 17.9 Å². The largest absolute Gasteiger partial charge is 0.462 e. The highest BCUT2D eigenvalue weighted by Crippen LogP contribution is 2.17. The fourth-order valence-corrected chi connectivity index (χ4v) is 10.2. The Hall–Kier alpha value is -3.15. The van der Waals surface area contributed by atoms with Crippen molar-refractivity contribution in [2.45, 2.75) is 367 Å². The van der Waals surface area contributed by atoms with Crippen LogP contribution in [0.1, 0.15) is 361 Å². The number of carbonyl (C=O) groups excluding carboxylic acids is 3. The van der Waals surface area contributed by atoms with Gasteiger partial charge in [0.25, 0.3) is 0 Å². The van der Waals surface area contributed by atoms with Gasteiger partial charge in [0.15, 0.2) is 6.10 Å². The molecule has 0 saturated carbocycles. The summed E-state index contributed by atoms with van der Waals surface area (Å²) in [6.07, 6.45) is 89.3. The molecule has 0 aromatic carbocycles. The van der Waals surface area contributed by atoms with E-state index >= 15 is 0 Å². The maximum atomic E-state index is 12.9. The molecule has 0 aromatic heterocycles. The van der Waals surface area contributed by atoms with E-state index in [2.05, 4.69) is 93.7 Å². The second-order valence-corrected chi connectivity index (χ2v) is 23.4. The van der Waals surface area contributed by atoms with E-state index in [9.17, 15) is 14.4 Å². The van der Waals surface area contributed by atoms with E-state index in [0.717, 1.165) is 109 Å². The van der Waals surface area contributed by atoms with Gasteiger partial charge in [-0.25, -0.2) is 0 Å². The second-order valence-electron chi connectivity index (χ2n) is 23.4. The molecule has 6 heteroatoms. The number of hydrogen-bond donors (Lipinski definition) is 0. The lowest BCUT2D eigenvalue weighted by Crippen LogP contribution is -2.30. The SMILES string of the molecule is CC/C=C\C/C=C\C/C=C\CCCCCCCC(=O)OCC(COC(=O)CCCCCCCCCCCCCCCCCCC/C=C\CCCCCCCCCC)OC(=O)CCCCCCCCC/C=C\C/C=C\CCCCCC. The third kappa shape index (κ3) is 65.7. The Morgan fingerprint density at radius 1 is 0.263 bits per heavy atom. The molecule has 0 aliphatic carbocycles. The van der Waals surface area contributed by atoms with Crippen molar-refractivity contribution in [2.75, 3.05) is 13.2 Å². The van der Waals surface area contributed by atoms with Gasteiger partial charge in [0, 0.05) is 19.3 Å². The first-order valence-corrected chi connectivity index (χ1v) is 34.9. The van der Waals surface area contributed by atoms with Crippen molar-refractivity contribution in [1.82, 2.24) is 0 Å². The lowest BCUT2D eigenvalue weighted by atomic mass is 10.0. The van der Waals surface area contributed by atoms with E-state index in [1.807, 2.05) is 0 Å². The number of rotatable bonds is 64.